The maximum absolute atomic E-state index is 4.52. The van der Waals surface area contributed by atoms with Crippen molar-refractivity contribution in [3.63, 3.8) is 0 Å². The smallest absolute Gasteiger partial charge is 0.123 e. The Kier molecular flexibility index (Phi) is 2.94. The van der Waals surface area contributed by atoms with Crippen LogP contribution in [0.15, 0.2) is 48.1 Å². The molecule has 3 aromatic rings. The number of hydrogen-bond acceptors (Lipinski definition) is 3. The molecule has 2 aromatic heterocycles. The average Bonchev–Trinajstić information content (AvgIpc) is 3.10. The van der Waals surface area contributed by atoms with Gasteiger partial charge in [0.2, 0.25) is 0 Å². The number of thiazole rings is 1. The average molecular weight is 255 g/mol. The van der Waals surface area contributed by atoms with Crippen molar-refractivity contribution in [1.29, 1.82) is 0 Å². The fourth-order valence-electron chi connectivity index (χ4n) is 1.87. The van der Waals surface area contributed by atoms with Crippen LogP contribution in [0.2, 0.25) is 0 Å². The van der Waals surface area contributed by atoms with E-state index in [1.165, 1.54) is 0 Å². The number of hydrogen-bond donors (Lipinski definition) is 0. The quantitative estimate of drug-likeness (QED) is 0.714. The van der Waals surface area contributed by atoms with Gasteiger partial charge in [0.15, 0.2) is 0 Å². The third kappa shape index (κ3) is 2.07. The number of rotatable bonds is 3. The monoisotopic (exact) mass is 255 g/mol. The summed E-state index contributed by atoms with van der Waals surface area (Å²) >= 11 is 1.65. The number of aryl methyl sites for hydroxylation is 1. The van der Waals surface area contributed by atoms with Gasteiger partial charge in [-0.25, -0.2) is 4.98 Å². The maximum Gasteiger partial charge on any atom is 0.123 e. The SMILES string of the molecule is CCn1ccc(-c2cccc(-c3nccs3)c2)n1. The summed E-state index contributed by atoms with van der Waals surface area (Å²) in [6.07, 6.45) is 3.84. The van der Waals surface area contributed by atoms with E-state index in [1.54, 1.807) is 11.3 Å². The zero-order chi connectivity index (χ0) is 12.4. The summed E-state index contributed by atoms with van der Waals surface area (Å²) in [6.45, 7) is 2.98. The van der Waals surface area contributed by atoms with E-state index in [2.05, 4.69) is 41.3 Å². The molecule has 0 aliphatic carbocycles. The molecule has 4 heteroatoms. The van der Waals surface area contributed by atoms with Crippen LogP contribution in [0.25, 0.3) is 21.8 Å². The Morgan fingerprint density at radius 2 is 2.11 bits per heavy atom. The molecule has 18 heavy (non-hydrogen) atoms. The summed E-state index contributed by atoms with van der Waals surface area (Å²) in [5, 5.41) is 7.56. The lowest BCUT2D eigenvalue weighted by molar-refractivity contribution is 0.662. The van der Waals surface area contributed by atoms with Gasteiger partial charge in [0.05, 0.1) is 5.69 Å². The van der Waals surface area contributed by atoms with Crippen LogP contribution in [0, 0.1) is 0 Å². The standard InChI is InChI=1S/C14H13N3S/c1-2-17-8-6-13(16-17)11-4-3-5-12(10-11)14-15-7-9-18-14/h3-10H,2H2,1H3. The van der Waals surface area contributed by atoms with Gasteiger partial charge >= 0.3 is 0 Å². The lowest BCUT2D eigenvalue weighted by Crippen LogP contribution is -1.93. The molecule has 0 saturated carbocycles. The molecule has 0 saturated heterocycles. The van der Waals surface area contributed by atoms with Crippen molar-refractivity contribution in [2.75, 3.05) is 0 Å². The van der Waals surface area contributed by atoms with Crippen LogP contribution < -0.4 is 0 Å². The molecule has 90 valence electrons. The largest absolute Gasteiger partial charge is 0.272 e. The first-order valence-electron chi connectivity index (χ1n) is 5.90. The zero-order valence-electron chi connectivity index (χ0n) is 10.1. The van der Waals surface area contributed by atoms with Gasteiger partial charge in [0.1, 0.15) is 5.01 Å². The lowest BCUT2D eigenvalue weighted by atomic mass is 10.1. The molecule has 1 aromatic carbocycles. The van der Waals surface area contributed by atoms with E-state index in [1.807, 2.05) is 28.5 Å². The highest BCUT2D eigenvalue weighted by Crippen LogP contribution is 2.26. The fraction of sp³-hybridized carbons (Fsp3) is 0.143. The second-order valence-electron chi connectivity index (χ2n) is 3.97. The molecule has 3 rings (SSSR count). The molecular weight excluding hydrogens is 242 g/mol. The molecule has 0 fully saturated rings. The lowest BCUT2D eigenvalue weighted by Gasteiger charge is -2.00. The van der Waals surface area contributed by atoms with E-state index in [0.717, 1.165) is 28.4 Å². The number of nitrogens with zero attached hydrogens (tertiary/aromatic N) is 3. The highest BCUT2D eigenvalue weighted by molar-refractivity contribution is 7.13. The molecule has 0 bridgehead atoms. The molecule has 0 unspecified atom stereocenters. The molecule has 0 amide bonds. The molecule has 0 atom stereocenters. The molecule has 0 aliphatic heterocycles. The van der Waals surface area contributed by atoms with E-state index >= 15 is 0 Å². The Morgan fingerprint density at radius 3 is 2.83 bits per heavy atom. The zero-order valence-corrected chi connectivity index (χ0v) is 10.9. The summed E-state index contributed by atoms with van der Waals surface area (Å²) in [7, 11) is 0. The Balaban J connectivity index is 2.00. The first-order chi connectivity index (χ1) is 8.86. The van der Waals surface area contributed by atoms with Crippen molar-refractivity contribution >= 4 is 11.3 Å². The first-order valence-corrected chi connectivity index (χ1v) is 6.78. The predicted molar refractivity (Wildman–Crippen MR) is 74.4 cm³/mol. The highest BCUT2D eigenvalue weighted by Gasteiger charge is 2.05. The van der Waals surface area contributed by atoms with Crippen LogP contribution in [0.3, 0.4) is 0 Å². The minimum atomic E-state index is 0.895. The van der Waals surface area contributed by atoms with Crippen molar-refractivity contribution in [1.82, 2.24) is 14.8 Å². The van der Waals surface area contributed by atoms with E-state index < -0.39 is 0 Å². The Labute approximate surface area is 110 Å². The Hall–Kier alpha value is -1.94. The van der Waals surface area contributed by atoms with Crippen LogP contribution in [-0.4, -0.2) is 14.8 Å². The van der Waals surface area contributed by atoms with Gasteiger partial charge in [-0.2, -0.15) is 5.10 Å². The highest BCUT2D eigenvalue weighted by atomic mass is 32.1. The Morgan fingerprint density at radius 1 is 1.22 bits per heavy atom. The normalized spacial score (nSPS) is 10.7. The fourth-order valence-corrected chi connectivity index (χ4v) is 2.50. The van der Waals surface area contributed by atoms with Crippen LogP contribution in [-0.2, 0) is 6.54 Å². The number of aromatic nitrogens is 3. The molecule has 0 N–H and O–H groups in total. The van der Waals surface area contributed by atoms with Crippen molar-refractivity contribution in [2.24, 2.45) is 0 Å². The van der Waals surface area contributed by atoms with Gasteiger partial charge in [-0.05, 0) is 19.1 Å². The van der Waals surface area contributed by atoms with Gasteiger partial charge < -0.3 is 0 Å². The summed E-state index contributed by atoms with van der Waals surface area (Å²) < 4.78 is 1.94. The van der Waals surface area contributed by atoms with Crippen molar-refractivity contribution < 1.29 is 0 Å². The van der Waals surface area contributed by atoms with Crippen LogP contribution in [0.4, 0.5) is 0 Å². The molecule has 3 nitrogen and oxygen atoms in total. The molecule has 0 aliphatic rings. The van der Waals surface area contributed by atoms with Crippen molar-refractivity contribution in [2.45, 2.75) is 13.5 Å². The molecular formula is C14H13N3S. The van der Waals surface area contributed by atoms with Gasteiger partial charge in [-0.1, -0.05) is 18.2 Å². The summed E-state index contributed by atoms with van der Waals surface area (Å²) in [4.78, 5) is 4.34. The summed E-state index contributed by atoms with van der Waals surface area (Å²) in [5.74, 6) is 0. The minimum Gasteiger partial charge on any atom is -0.272 e. The van der Waals surface area contributed by atoms with Gasteiger partial charge in [-0.15, -0.1) is 11.3 Å². The van der Waals surface area contributed by atoms with E-state index in [-0.39, 0.29) is 0 Å². The number of benzene rings is 1. The first kappa shape index (κ1) is 11.2. The van der Waals surface area contributed by atoms with E-state index in [4.69, 9.17) is 0 Å². The predicted octanol–water partition coefficient (Wildman–Crippen LogP) is 3.69. The third-order valence-electron chi connectivity index (χ3n) is 2.80. The van der Waals surface area contributed by atoms with Crippen LogP contribution in [0.5, 0.6) is 0 Å². The van der Waals surface area contributed by atoms with E-state index in [0.29, 0.717) is 0 Å². The van der Waals surface area contributed by atoms with E-state index in [9.17, 15) is 0 Å². The van der Waals surface area contributed by atoms with Crippen LogP contribution in [0.1, 0.15) is 6.92 Å². The molecule has 0 radical (unpaired) electrons. The Bertz CT molecular complexity index is 641. The third-order valence-corrected chi connectivity index (χ3v) is 3.62. The topological polar surface area (TPSA) is 30.7 Å². The van der Waals surface area contributed by atoms with Gasteiger partial charge in [0.25, 0.3) is 0 Å². The van der Waals surface area contributed by atoms with Crippen molar-refractivity contribution in [3.8, 4) is 21.8 Å². The second kappa shape index (κ2) is 4.74. The summed E-state index contributed by atoms with van der Waals surface area (Å²) in [5.41, 5.74) is 3.29. The van der Waals surface area contributed by atoms with Gasteiger partial charge in [0, 0.05) is 35.4 Å². The van der Waals surface area contributed by atoms with Gasteiger partial charge in [-0.3, -0.25) is 4.68 Å². The maximum atomic E-state index is 4.52. The minimum absolute atomic E-state index is 0.895. The summed E-state index contributed by atoms with van der Waals surface area (Å²) in [6, 6.07) is 10.4. The molecule has 2 heterocycles. The second-order valence-corrected chi connectivity index (χ2v) is 4.87. The van der Waals surface area contributed by atoms with Crippen LogP contribution >= 0.6 is 11.3 Å². The molecule has 0 spiro atoms. The van der Waals surface area contributed by atoms with Crippen molar-refractivity contribution in [3.05, 3.63) is 48.1 Å².